The molecule has 0 fully saturated rings. The topological polar surface area (TPSA) is 55.1 Å². The lowest BCUT2D eigenvalue weighted by Crippen LogP contribution is -2.24. The van der Waals surface area contributed by atoms with Crippen LogP contribution in [0.15, 0.2) is 40.8 Å². The lowest BCUT2D eigenvalue weighted by atomic mass is 10.3. The van der Waals surface area contributed by atoms with Crippen molar-refractivity contribution in [1.82, 2.24) is 10.3 Å². The smallest absolute Gasteiger partial charge is 0.230 e. The van der Waals surface area contributed by atoms with Crippen LogP contribution in [0.1, 0.15) is 5.76 Å². The van der Waals surface area contributed by atoms with Gasteiger partial charge in [0.25, 0.3) is 0 Å². The molecular formula is C15H14N2O2S2. The number of nitrogens with zero attached hydrogens (tertiary/aromatic N) is 1. The van der Waals surface area contributed by atoms with E-state index in [1.807, 2.05) is 42.7 Å². The van der Waals surface area contributed by atoms with E-state index in [0.717, 1.165) is 26.7 Å². The predicted octanol–water partition coefficient (Wildman–Crippen LogP) is 3.54. The van der Waals surface area contributed by atoms with Crippen LogP contribution in [0.4, 0.5) is 0 Å². The van der Waals surface area contributed by atoms with Crippen LogP contribution in [-0.4, -0.2) is 22.9 Å². The average molecular weight is 318 g/mol. The molecular weight excluding hydrogens is 304 g/mol. The highest BCUT2D eigenvalue weighted by molar-refractivity contribution is 7.99. The largest absolute Gasteiger partial charge is 0.457 e. The molecule has 3 rings (SSSR count). The van der Waals surface area contributed by atoms with Gasteiger partial charge in [-0.2, -0.15) is 11.8 Å². The number of rotatable bonds is 5. The minimum Gasteiger partial charge on any atom is -0.457 e. The molecule has 0 atom stereocenters. The maximum absolute atomic E-state index is 11.4. The van der Waals surface area contributed by atoms with Crippen molar-refractivity contribution in [3.63, 3.8) is 0 Å². The lowest BCUT2D eigenvalue weighted by Gasteiger charge is -2.00. The predicted molar refractivity (Wildman–Crippen MR) is 87.6 cm³/mol. The standard InChI is InChI=1S/C15H14N2O2S2/c1-20-9-14(18)16-8-10-6-7-12(19-10)15-17-11-4-2-3-5-13(11)21-15/h2-7H,8-9H2,1H3,(H,16,18). The Kier molecular flexibility index (Phi) is 4.26. The summed E-state index contributed by atoms with van der Waals surface area (Å²) in [7, 11) is 0. The highest BCUT2D eigenvalue weighted by Crippen LogP contribution is 2.30. The van der Waals surface area contributed by atoms with E-state index in [0.29, 0.717) is 12.3 Å². The number of fused-ring (bicyclic) bond motifs is 1. The lowest BCUT2D eigenvalue weighted by molar-refractivity contribution is -0.118. The number of nitrogens with one attached hydrogen (secondary N) is 1. The molecule has 4 nitrogen and oxygen atoms in total. The Balaban J connectivity index is 1.73. The van der Waals surface area contributed by atoms with E-state index in [-0.39, 0.29) is 5.91 Å². The van der Waals surface area contributed by atoms with Crippen LogP contribution in [0.3, 0.4) is 0 Å². The number of hydrogen-bond donors (Lipinski definition) is 1. The monoisotopic (exact) mass is 318 g/mol. The van der Waals surface area contributed by atoms with Gasteiger partial charge in [-0.25, -0.2) is 4.98 Å². The molecule has 3 aromatic rings. The van der Waals surface area contributed by atoms with Crippen molar-refractivity contribution in [2.24, 2.45) is 0 Å². The number of carbonyl (C=O) groups is 1. The molecule has 1 amide bonds. The van der Waals surface area contributed by atoms with Crippen molar-refractivity contribution in [3.8, 4) is 10.8 Å². The minimum atomic E-state index is 0.0143. The number of aromatic nitrogens is 1. The third-order valence-electron chi connectivity index (χ3n) is 2.90. The van der Waals surface area contributed by atoms with Crippen LogP contribution in [0.5, 0.6) is 0 Å². The highest BCUT2D eigenvalue weighted by Gasteiger charge is 2.10. The third-order valence-corrected chi connectivity index (χ3v) is 4.50. The first-order valence-electron chi connectivity index (χ1n) is 6.46. The number of benzene rings is 1. The zero-order valence-electron chi connectivity index (χ0n) is 11.5. The summed E-state index contributed by atoms with van der Waals surface area (Å²) in [6, 6.07) is 11.8. The fraction of sp³-hybridized carbons (Fsp3) is 0.200. The molecule has 0 bridgehead atoms. The summed E-state index contributed by atoms with van der Waals surface area (Å²) in [5.41, 5.74) is 0.976. The normalized spacial score (nSPS) is 10.9. The number of hydrogen-bond acceptors (Lipinski definition) is 5. The fourth-order valence-corrected chi connectivity index (χ4v) is 3.23. The zero-order valence-corrected chi connectivity index (χ0v) is 13.1. The van der Waals surface area contributed by atoms with Crippen LogP contribution < -0.4 is 5.32 Å². The number of amides is 1. The van der Waals surface area contributed by atoms with Crippen molar-refractivity contribution in [1.29, 1.82) is 0 Å². The van der Waals surface area contributed by atoms with Crippen molar-refractivity contribution in [2.75, 3.05) is 12.0 Å². The first-order chi connectivity index (χ1) is 10.3. The first kappa shape index (κ1) is 14.2. The van der Waals surface area contributed by atoms with Gasteiger partial charge in [0.2, 0.25) is 5.91 Å². The number of furan rings is 1. The number of carbonyl (C=O) groups excluding carboxylic acids is 1. The summed E-state index contributed by atoms with van der Waals surface area (Å²) >= 11 is 3.10. The summed E-state index contributed by atoms with van der Waals surface area (Å²) < 4.78 is 6.89. The van der Waals surface area contributed by atoms with Gasteiger partial charge in [0, 0.05) is 0 Å². The van der Waals surface area contributed by atoms with E-state index < -0.39 is 0 Å². The molecule has 0 saturated heterocycles. The summed E-state index contributed by atoms with van der Waals surface area (Å²) in [5, 5.41) is 3.68. The number of thiazole rings is 1. The SMILES string of the molecule is CSCC(=O)NCc1ccc(-c2nc3ccccc3s2)o1. The molecule has 2 aromatic heterocycles. The second kappa shape index (κ2) is 6.32. The molecule has 0 saturated carbocycles. The van der Waals surface area contributed by atoms with Crippen LogP contribution >= 0.6 is 23.1 Å². The van der Waals surface area contributed by atoms with E-state index in [1.54, 1.807) is 11.3 Å². The van der Waals surface area contributed by atoms with E-state index in [4.69, 9.17) is 4.42 Å². The van der Waals surface area contributed by atoms with Crippen molar-refractivity contribution in [3.05, 3.63) is 42.2 Å². The Hall–Kier alpha value is -1.79. The Morgan fingerprint density at radius 1 is 1.33 bits per heavy atom. The van der Waals surface area contributed by atoms with Crippen LogP contribution in [0, 0.1) is 0 Å². The van der Waals surface area contributed by atoms with E-state index in [2.05, 4.69) is 10.3 Å². The van der Waals surface area contributed by atoms with Gasteiger partial charge >= 0.3 is 0 Å². The maximum atomic E-state index is 11.4. The number of thioether (sulfide) groups is 1. The minimum absolute atomic E-state index is 0.0143. The van der Waals surface area contributed by atoms with Gasteiger partial charge in [-0.15, -0.1) is 11.3 Å². The van der Waals surface area contributed by atoms with Gasteiger partial charge in [-0.3, -0.25) is 4.79 Å². The molecule has 1 N–H and O–H groups in total. The fourth-order valence-electron chi connectivity index (χ4n) is 1.93. The van der Waals surface area contributed by atoms with Gasteiger partial charge < -0.3 is 9.73 Å². The second-order valence-corrected chi connectivity index (χ2v) is 6.36. The first-order valence-corrected chi connectivity index (χ1v) is 8.67. The molecule has 0 aliphatic heterocycles. The quantitative estimate of drug-likeness (QED) is 0.782. The summed E-state index contributed by atoms with van der Waals surface area (Å²) in [4.78, 5) is 16.0. The van der Waals surface area contributed by atoms with E-state index >= 15 is 0 Å². The Morgan fingerprint density at radius 3 is 3.00 bits per heavy atom. The van der Waals surface area contributed by atoms with Gasteiger partial charge in [-0.05, 0) is 30.5 Å². The third kappa shape index (κ3) is 3.28. The molecule has 2 heterocycles. The highest BCUT2D eigenvalue weighted by atomic mass is 32.2. The summed E-state index contributed by atoms with van der Waals surface area (Å²) in [6.45, 7) is 0.407. The van der Waals surface area contributed by atoms with Crippen LogP contribution in [-0.2, 0) is 11.3 Å². The van der Waals surface area contributed by atoms with Crippen molar-refractivity contribution >= 4 is 39.2 Å². The molecule has 1 aromatic carbocycles. The summed E-state index contributed by atoms with van der Waals surface area (Å²) in [6.07, 6.45) is 1.90. The van der Waals surface area contributed by atoms with Gasteiger partial charge in [0.15, 0.2) is 10.8 Å². The maximum Gasteiger partial charge on any atom is 0.230 e. The zero-order chi connectivity index (χ0) is 14.7. The Labute approximate surface area is 130 Å². The van der Waals surface area contributed by atoms with E-state index in [9.17, 15) is 4.79 Å². The Morgan fingerprint density at radius 2 is 2.19 bits per heavy atom. The molecule has 6 heteroatoms. The molecule has 0 aliphatic rings. The van der Waals surface area contributed by atoms with E-state index in [1.165, 1.54) is 11.8 Å². The van der Waals surface area contributed by atoms with Gasteiger partial charge in [-0.1, -0.05) is 12.1 Å². The Bertz CT molecular complexity index is 731. The van der Waals surface area contributed by atoms with Crippen LogP contribution in [0.25, 0.3) is 21.0 Å². The molecule has 108 valence electrons. The van der Waals surface area contributed by atoms with Crippen LogP contribution in [0.2, 0.25) is 0 Å². The van der Waals surface area contributed by atoms with Crippen molar-refractivity contribution < 1.29 is 9.21 Å². The van der Waals surface area contributed by atoms with Gasteiger partial charge in [0.1, 0.15) is 5.76 Å². The molecule has 0 aliphatic carbocycles. The molecule has 0 unspecified atom stereocenters. The van der Waals surface area contributed by atoms with Crippen molar-refractivity contribution in [2.45, 2.75) is 6.54 Å². The molecule has 21 heavy (non-hydrogen) atoms. The average Bonchev–Trinajstić information content (AvgIpc) is 3.11. The number of para-hydroxylation sites is 1. The van der Waals surface area contributed by atoms with Gasteiger partial charge in [0.05, 0.1) is 22.5 Å². The molecule has 0 spiro atoms. The second-order valence-electron chi connectivity index (χ2n) is 4.46. The molecule has 0 radical (unpaired) electrons. The summed E-state index contributed by atoms with van der Waals surface area (Å²) in [5.74, 6) is 1.95.